The highest BCUT2D eigenvalue weighted by atomic mass is 16.5. The number of ether oxygens (including phenoxy) is 2. The van der Waals surface area contributed by atoms with Crippen LogP contribution in [0.25, 0.3) is 0 Å². The number of carboxylic acids is 2. The number of benzene rings is 1. The Morgan fingerprint density at radius 3 is 2.32 bits per heavy atom. The predicted molar refractivity (Wildman–Crippen MR) is 95.2 cm³/mol. The second kappa shape index (κ2) is 13.0. The SMILES string of the molecule is C=CCc1cc(C)ccc1OCCOCCN(C)C.O=C(O)C(=O)O. The summed E-state index contributed by atoms with van der Waals surface area (Å²) in [6, 6.07) is 6.23. The first-order valence-electron chi connectivity index (χ1n) is 7.79. The summed E-state index contributed by atoms with van der Waals surface area (Å²) in [7, 11) is 4.07. The molecule has 25 heavy (non-hydrogen) atoms. The topological polar surface area (TPSA) is 96.3 Å². The molecule has 0 saturated heterocycles. The van der Waals surface area contributed by atoms with Gasteiger partial charge in [-0.3, -0.25) is 0 Å². The van der Waals surface area contributed by atoms with Gasteiger partial charge in [-0.05, 0) is 39.1 Å². The molecule has 1 aromatic carbocycles. The second-order valence-corrected chi connectivity index (χ2v) is 5.48. The molecular weight excluding hydrogens is 326 g/mol. The van der Waals surface area contributed by atoms with Gasteiger partial charge in [0.05, 0.1) is 13.2 Å². The van der Waals surface area contributed by atoms with Gasteiger partial charge in [-0.1, -0.05) is 23.8 Å². The summed E-state index contributed by atoms with van der Waals surface area (Å²) in [5.74, 6) is -2.72. The number of likely N-dealkylation sites (N-methyl/N-ethyl adjacent to an activating group) is 1. The van der Waals surface area contributed by atoms with Crippen LogP contribution in [0.3, 0.4) is 0 Å². The zero-order valence-corrected chi connectivity index (χ0v) is 15.0. The van der Waals surface area contributed by atoms with Crippen molar-refractivity contribution in [2.45, 2.75) is 13.3 Å². The van der Waals surface area contributed by atoms with Crippen LogP contribution in [0.15, 0.2) is 30.9 Å². The number of carbonyl (C=O) groups is 2. The Bertz CT molecular complexity index is 544. The minimum Gasteiger partial charge on any atom is -0.491 e. The second-order valence-electron chi connectivity index (χ2n) is 5.48. The fraction of sp³-hybridized carbons (Fsp3) is 0.444. The number of carboxylic acid groups (broad SMARTS) is 2. The van der Waals surface area contributed by atoms with Crippen LogP contribution in [0.4, 0.5) is 0 Å². The van der Waals surface area contributed by atoms with Crippen molar-refractivity contribution in [3.63, 3.8) is 0 Å². The van der Waals surface area contributed by atoms with Gasteiger partial charge in [0.2, 0.25) is 0 Å². The van der Waals surface area contributed by atoms with Crippen LogP contribution in [0.5, 0.6) is 5.75 Å². The van der Waals surface area contributed by atoms with Crippen molar-refractivity contribution in [1.29, 1.82) is 0 Å². The van der Waals surface area contributed by atoms with Crippen molar-refractivity contribution in [1.82, 2.24) is 4.90 Å². The zero-order chi connectivity index (χ0) is 19.2. The summed E-state index contributed by atoms with van der Waals surface area (Å²) < 4.78 is 11.3. The molecule has 0 heterocycles. The Labute approximate surface area is 148 Å². The molecule has 1 aromatic rings. The molecule has 0 aliphatic carbocycles. The van der Waals surface area contributed by atoms with Gasteiger partial charge in [0, 0.05) is 6.54 Å². The minimum absolute atomic E-state index is 0.584. The van der Waals surface area contributed by atoms with E-state index in [0.717, 1.165) is 25.3 Å². The van der Waals surface area contributed by atoms with Gasteiger partial charge in [-0.25, -0.2) is 9.59 Å². The van der Waals surface area contributed by atoms with E-state index in [1.54, 1.807) is 0 Å². The molecule has 0 atom stereocenters. The molecule has 0 fully saturated rings. The molecule has 0 bridgehead atoms. The van der Waals surface area contributed by atoms with Crippen molar-refractivity contribution >= 4 is 11.9 Å². The summed E-state index contributed by atoms with van der Waals surface area (Å²) in [6.45, 7) is 8.74. The highest BCUT2D eigenvalue weighted by molar-refractivity contribution is 6.27. The summed E-state index contributed by atoms with van der Waals surface area (Å²) >= 11 is 0. The van der Waals surface area contributed by atoms with Crippen LogP contribution in [0.2, 0.25) is 0 Å². The number of hydrogen-bond donors (Lipinski definition) is 2. The van der Waals surface area contributed by atoms with Gasteiger partial charge in [-0.15, -0.1) is 6.58 Å². The smallest absolute Gasteiger partial charge is 0.414 e. The van der Waals surface area contributed by atoms with Crippen molar-refractivity contribution in [3.05, 3.63) is 42.0 Å². The van der Waals surface area contributed by atoms with E-state index in [4.69, 9.17) is 29.3 Å². The van der Waals surface area contributed by atoms with Gasteiger partial charge in [0.25, 0.3) is 0 Å². The van der Waals surface area contributed by atoms with Crippen LogP contribution in [0, 0.1) is 6.92 Å². The maximum Gasteiger partial charge on any atom is 0.414 e. The van der Waals surface area contributed by atoms with Gasteiger partial charge >= 0.3 is 11.9 Å². The van der Waals surface area contributed by atoms with E-state index in [9.17, 15) is 0 Å². The Morgan fingerprint density at radius 1 is 1.16 bits per heavy atom. The Morgan fingerprint density at radius 2 is 1.80 bits per heavy atom. The molecule has 7 nitrogen and oxygen atoms in total. The van der Waals surface area contributed by atoms with Crippen molar-refractivity contribution in [2.75, 3.05) is 40.5 Å². The summed E-state index contributed by atoms with van der Waals surface area (Å²) in [5, 5.41) is 14.8. The van der Waals surface area contributed by atoms with Crippen LogP contribution < -0.4 is 4.74 Å². The molecule has 2 N–H and O–H groups in total. The van der Waals surface area contributed by atoms with Gasteiger partial charge in [0.15, 0.2) is 0 Å². The maximum atomic E-state index is 9.10. The Kier molecular flexibility index (Phi) is 11.7. The maximum absolute atomic E-state index is 9.10. The summed E-state index contributed by atoms with van der Waals surface area (Å²) in [6.07, 6.45) is 2.73. The summed E-state index contributed by atoms with van der Waals surface area (Å²) in [4.78, 5) is 20.3. The van der Waals surface area contributed by atoms with E-state index in [1.807, 2.05) is 26.2 Å². The number of allylic oxidation sites excluding steroid dienone is 1. The molecule has 0 unspecified atom stereocenters. The molecule has 0 aliphatic heterocycles. The molecule has 0 aromatic heterocycles. The first-order chi connectivity index (χ1) is 11.8. The average Bonchev–Trinajstić information content (AvgIpc) is 2.53. The lowest BCUT2D eigenvalue weighted by Gasteiger charge is -2.13. The Hall–Kier alpha value is -2.38. The van der Waals surface area contributed by atoms with Crippen molar-refractivity contribution in [3.8, 4) is 5.75 Å². The highest BCUT2D eigenvalue weighted by Crippen LogP contribution is 2.20. The van der Waals surface area contributed by atoms with E-state index in [0.29, 0.717) is 13.2 Å². The molecule has 0 aliphatic rings. The van der Waals surface area contributed by atoms with E-state index in [1.165, 1.54) is 11.1 Å². The van der Waals surface area contributed by atoms with Gasteiger partial charge in [0.1, 0.15) is 12.4 Å². The third kappa shape index (κ3) is 11.7. The van der Waals surface area contributed by atoms with E-state index < -0.39 is 11.9 Å². The third-order valence-electron chi connectivity index (χ3n) is 2.93. The fourth-order valence-corrected chi connectivity index (χ4v) is 1.72. The van der Waals surface area contributed by atoms with Crippen molar-refractivity contribution < 1.29 is 29.3 Å². The first-order valence-corrected chi connectivity index (χ1v) is 7.79. The lowest BCUT2D eigenvalue weighted by molar-refractivity contribution is -0.159. The number of aryl methyl sites for hydroxylation is 1. The monoisotopic (exact) mass is 353 g/mol. The molecule has 0 amide bonds. The Balaban J connectivity index is 0.000000823. The quantitative estimate of drug-likeness (QED) is 0.397. The lowest BCUT2D eigenvalue weighted by Crippen LogP contribution is -2.19. The summed E-state index contributed by atoms with van der Waals surface area (Å²) in [5.41, 5.74) is 2.43. The largest absolute Gasteiger partial charge is 0.491 e. The molecular formula is C18H27NO6. The van der Waals surface area contributed by atoms with Gasteiger partial charge < -0.3 is 24.6 Å². The first kappa shape index (κ1) is 22.6. The molecule has 0 saturated carbocycles. The van der Waals surface area contributed by atoms with E-state index in [-0.39, 0.29) is 0 Å². The number of aliphatic carboxylic acids is 2. The average molecular weight is 353 g/mol. The fourth-order valence-electron chi connectivity index (χ4n) is 1.72. The number of nitrogens with zero attached hydrogens (tertiary/aromatic N) is 1. The van der Waals surface area contributed by atoms with Crippen LogP contribution in [0.1, 0.15) is 11.1 Å². The van der Waals surface area contributed by atoms with Crippen LogP contribution >= 0.6 is 0 Å². The van der Waals surface area contributed by atoms with E-state index in [2.05, 4.69) is 30.5 Å². The molecule has 0 spiro atoms. The highest BCUT2D eigenvalue weighted by Gasteiger charge is 2.04. The van der Waals surface area contributed by atoms with Gasteiger partial charge in [-0.2, -0.15) is 0 Å². The molecule has 0 radical (unpaired) electrons. The lowest BCUT2D eigenvalue weighted by atomic mass is 10.1. The normalized spacial score (nSPS) is 9.92. The molecule has 1 rings (SSSR count). The van der Waals surface area contributed by atoms with Crippen molar-refractivity contribution in [2.24, 2.45) is 0 Å². The minimum atomic E-state index is -1.82. The third-order valence-corrected chi connectivity index (χ3v) is 2.93. The number of hydrogen-bond acceptors (Lipinski definition) is 5. The molecule has 140 valence electrons. The van der Waals surface area contributed by atoms with Crippen LogP contribution in [-0.4, -0.2) is 67.5 Å². The standard InChI is InChI=1S/C16H25NO2.C2H2O4/c1-5-6-15-13-14(2)7-8-16(15)19-12-11-18-10-9-17(3)4;3-1(4)2(5)6/h5,7-8,13H,1,6,9-12H2,2-4H3;(H,3,4)(H,5,6). The van der Waals surface area contributed by atoms with E-state index >= 15 is 0 Å². The zero-order valence-electron chi connectivity index (χ0n) is 15.0. The van der Waals surface area contributed by atoms with Crippen LogP contribution in [-0.2, 0) is 20.7 Å². The molecule has 7 heteroatoms. The predicted octanol–water partition coefficient (Wildman–Crippen LogP) is 1.84. The number of rotatable bonds is 9.